The Bertz CT molecular complexity index is 270. The molecule has 19 heavy (non-hydrogen) atoms. The lowest BCUT2D eigenvalue weighted by Crippen LogP contribution is -2.40. The number of carbonyl (C=O) groups is 1. The number of piperidine rings is 1. The Morgan fingerprint density at radius 2 is 2.21 bits per heavy atom. The molecule has 0 aromatic rings. The summed E-state index contributed by atoms with van der Waals surface area (Å²) in [4.78, 5) is 13.3. The van der Waals surface area contributed by atoms with Crippen LogP contribution in [0.4, 0.5) is 4.79 Å². The van der Waals surface area contributed by atoms with Crippen molar-refractivity contribution in [1.29, 1.82) is 0 Å². The molecule has 0 bridgehead atoms. The van der Waals surface area contributed by atoms with Gasteiger partial charge in [-0.05, 0) is 59.2 Å². The highest BCUT2D eigenvalue weighted by molar-refractivity contribution is 5.67. The van der Waals surface area contributed by atoms with E-state index in [9.17, 15) is 4.79 Å². The van der Waals surface area contributed by atoms with Crippen LogP contribution >= 0.6 is 0 Å². The summed E-state index contributed by atoms with van der Waals surface area (Å²) in [6.07, 6.45) is 2.31. The number of carbonyl (C=O) groups excluding carboxylic acids is 1. The van der Waals surface area contributed by atoms with Crippen LogP contribution in [0.15, 0.2) is 0 Å². The summed E-state index contributed by atoms with van der Waals surface area (Å²) in [5, 5.41) is 6.82. The highest BCUT2D eigenvalue weighted by atomic mass is 16.6. The molecule has 1 unspecified atom stereocenters. The molecule has 0 radical (unpaired) electrons. The molecule has 112 valence electrons. The van der Waals surface area contributed by atoms with E-state index in [2.05, 4.69) is 10.6 Å². The monoisotopic (exact) mass is 271 g/mol. The number of rotatable bonds is 5. The van der Waals surface area contributed by atoms with Gasteiger partial charge in [0.15, 0.2) is 0 Å². The predicted molar refractivity (Wildman–Crippen MR) is 77.3 cm³/mol. The van der Waals surface area contributed by atoms with Crippen molar-refractivity contribution in [2.75, 3.05) is 39.8 Å². The fraction of sp³-hybridized carbons (Fsp3) is 0.929. The maximum atomic E-state index is 11.7. The van der Waals surface area contributed by atoms with Crippen LogP contribution < -0.4 is 10.6 Å². The molecule has 1 aliphatic rings. The summed E-state index contributed by atoms with van der Waals surface area (Å²) in [5.74, 6) is 0.723. The third-order valence-electron chi connectivity index (χ3n) is 3.16. The minimum atomic E-state index is -0.424. The van der Waals surface area contributed by atoms with Crippen molar-refractivity contribution in [3.8, 4) is 0 Å². The first-order chi connectivity index (χ1) is 8.88. The quantitative estimate of drug-likeness (QED) is 0.743. The number of nitrogens with zero attached hydrogens (tertiary/aromatic N) is 1. The maximum Gasteiger partial charge on any atom is 0.410 e. The van der Waals surface area contributed by atoms with E-state index in [4.69, 9.17) is 4.74 Å². The zero-order valence-corrected chi connectivity index (χ0v) is 12.8. The molecule has 1 aliphatic heterocycles. The van der Waals surface area contributed by atoms with Crippen molar-refractivity contribution in [3.05, 3.63) is 0 Å². The summed E-state index contributed by atoms with van der Waals surface area (Å²) in [6.45, 7) is 10.4. The smallest absolute Gasteiger partial charge is 0.410 e. The average Bonchev–Trinajstić information content (AvgIpc) is 2.33. The van der Waals surface area contributed by atoms with Crippen molar-refractivity contribution in [3.63, 3.8) is 0 Å². The molecule has 1 heterocycles. The number of hydrogen-bond acceptors (Lipinski definition) is 4. The van der Waals surface area contributed by atoms with Crippen molar-refractivity contribution in [1.82, 2.24) is 15.5 Å². The summed E-state index contributed by atoms with van der Waals surface area (Å²) < 4.78 is 5.30. The Morgan fingerprint density at radius 3 is 2.79 bits per heavy atom. The van der Waals surface area contributed by atoms with Gasteiger partial charge in [0.05, 0.1) is 0 Å². The molecule has 1 rings (SSSR count). The van der Waals surface area contributed by atoms with Gasteiger partial charge in [-0.1, -0.05) is 0 Å². The van der Waals surface area contributed by atoms with E-state index in [0.29, 0.717) is 6.54 Å². The second-order valence-corrected chi connectivity index (χ2v) is 6.32. The molecule has 1 atom stereocenters. The zero-order valence-electron chi connectivity index (χ0n) is 12.8. The van der Waals surface area contributed by atoms with Gasteiger partial charge in [-0.3, -0.25) is 0 Å². The van der Waals surface area contributed by atoms with E-state index >= 15 is 0 Å². The van der Waals surface area contributed by atoms with E-state index in [0.717, 1.165) is 32.1 Å². The third-order valence-corrected chi connectivity index (χ3v) is 3.16. The molecular weight excluding hydrogens is 242 g/mol. The number of nitrogens with one attached hydrogen (secondary N) is 2. The van der Waals surface area contributed by atoms with Crippen molar-refractivity contribution in [2.45, 2.75) is 39.2 Å². The zero-order chi connectivity index (χ0) is 14.3. The van der Waals surface area contributed by atoms with Crippen LogP contribution in [0.3, 0.4) is 0 Å². The lowest BCUT2D eigenvalue weighted by atomic mass is 10.00. The summed E-state index contributed by atoms with van der Waals surface area (Å²) in [7, 11) is 1.78. The number of ether oxygens (including phenoxy) is 1. The Balaban J connectivity index is 2.09. The van der Waals surface area contributed by atoms with E-state index in [1.165, 1.54) is 12.8 Å². The first-order valence-corrected chi connectivity index (χ1v) is 7.24. The molecule has 0 spiro atoms. The lowest BCUT2D eigenvalue weighted by molar-refractivity contribution is 0.0300. The molecule has 1 amide bonds. The number of amides is 1. The van der Waals surface area contributed by atoms with Gasteiger partial charge >= 0.3 is 6.09 Å². The molecule has 1 saturated heterocycles. The molecule has 5 nitrogen and oxygen atoms in total. The fourth-order valence-electron chi connectivity index (χ4n) is 2.08. The van der Waals surface area contributed by atoms with Gasteiger partial charge in [0.25, 0.3) is 0 Å². The molecule has 5 heteroatoms. The fourth-order valence-corrected chi connectivity index (χ4v) is 2.08. The van der Waals surface area contributed by atoms with E-state index in [1.807, 2.05) is 20.8 Å². The van der Waals surface area contributed by atoms with Crippen LogP contribution in [0.25, 0.3) is 0 Å². The predicted octanol–water partition coefficient (Wildman–Crippen LogP) is 1.44. The maximum absolute atomic E-state index is 11.7. The van der Waals surface area contributed by atoms with Gasteiger partial charge < -0.3 is 20.3 Å². The number of hydrogen-bond donors (Lipinski definition) is 2. The molecule has 0 aliphatic carbocycles. The highest BCUT2D eigenvalue weighted by Gasteiger charge is 2.19. The third kappa shape index (κ3) is 7.38. The topological polar surface area (TPSA) is 53.6 Å². The Hall–Kier alpha value is -0.810. The molecule has 0 aromatic heterocycles. The summed E-state index contributed by atoms with van der Waals surface area (Å²) in [6, 6.07) is 0. The second kappa shape index (κ2) is 7.70. The van der Waals surface area contributed by atoms with Crippen molar-refractivity contribution >= 4 is 6.09 Å². The van der Waals surface area contributed by atoms with Gasteiger partial charge in [0.2, 0.25) is 0 Å². The van der Waals surface area contributed by atoms with E-state index in [1.54, 1.807) is 11.9 Å². The van der Waals surface area contributed by atoms with Crippen LogP contribution in [0.2, 0.25) is 0 Å². The first-order valence-electron chi connectivity index (χ1n) is 7.24. The summed E-state index contributed by atoms with van der Waals surface area (Å²) >= 11 is 0. The minimum Gasteiger partial charge on any atom is -0.444 e. The SMILES string of the molecule is CN(CCNCC1CCCNC1)C(=O)OC(C)(C)C. The molecule has 2 N–H and O–H groups in total. The Labute approximate surface area is 117 Å². The highest BCUT2D eigenvalue weighted by Crippen LogP contribution is 2.09. The molecule has 0 aromatic carbocycles. The van der Waals surface area contributed by atoms with Gasteiger partial charge in [-0.2, -0.15) is 0 Å². The molecular formula is C14H29N3O2. The van der Waals surface area contributed by atoms with Gasteiger partial charge in [0, 0.05) is 20.1 Å². The van der Waals surface area contributed by atoms with E-state index < -0.39 is 5.60 Å². The van der Waals surface area contributed by atoms with Crippen LogP contribution in [0.1, 0.15) is 33.6 Å². The van der Waals surface area contributed by atoms with Gasteiger partial charge in [-0.25, -0.2) is 4.79 Å². The molecule has 1 fully saturated rings. The largest absolute Gasteiger partial charge is 0.444 e. The van der Waals surface area contributed by atoms with Crippen LogP contribution in [0, 0.1) is 5.92 Å². The standard InChI is InChI=1S/C14H29N3O2/c1-14(2,3)19-13(18)17(4)9-8-16-11-12-6-5-7-15-10-12/h12,15-16H,5-11H2,1-4H3. The summed E-state index contributed by atoms with van der Waals surface area (Å²) in [5.41, 5.74) is -0.424. The van der Waals surface area contributed by atoms with Crippen LogP contribution in [-0.2, 0) is 4.74 Å². The second-order valence-electron chi connectivity index (χ2n) is 6.32. The minimum absolute atomic E-state index is 0.256. The Morgan fingerprint density at radius 1 is 1.47 bits per heavy atom. The van der Waals surface area contributed by atoms with Crippen molar-refractivity contribution < 1.29 is 9.53 Å². The van der Waals surface area contributed by atoms with Crippen LogP contribution in [-0.4, -0.2) is 56.4 Å². The van der Waals surface area contributed by atoms with E-state index in [-0.39, 0.29) is 6.09 Å². The average molecular weight is 271 g/mol. The normalized spacial score (nSPS) is 20.1. The molecule has 0 saturated carbocycles. The van der Waals surface area contributed by atoms with Gasteiger partial charge in [-0.15, -0.1) is 0 Å². The van der Waals surface area contributed by atoms with Crippen LogP contribution in [0.5, 0.6) is 0 Å². The lowest BCUT2D eigenvalue weighted by Gasteiger charge is -2.26. The number of likely N-dealkylation sites (N-methyl/N-ethyl adjacent to an activating group) is 1. The van der Waals surface area contributed by atoms with Crippen molar-refractivity contribution in [2.24, 2.45) is 5.92 Å². The van der Waals surface area contributed by atoms with Gasteiger partial charge in [0.1, 0.15) is 5.60 Å². The Kier molecular flexibility index (Phi) is 6.58. The first kappa shape index (κ1) is 16.2.